The normalized spacial score (nSPS) is 16.4. The largest absolute Gasteiger partial charge is 0.476 e. The molecule has 1 aliphatic heterocycles. The minimum Gasteiger partial charge on any atom is -0.476 e. The van der Waals surface area contributed by atoms with Crippen molar-refractivity contribution in [1.82, 2.24) is 0 Å². The number of carbonyl (C=O) groups is 1. The number of hydrogen-bond acceptors (Lipinski definition) is 2. The van der Waals surface area contributed by atoms with Crippen LogP contribution in [0, 0.1) is 11.6 Å². The summed E-state index contributed by atoms with van der Waals surface area (Å²) in [7, 11) is 0. The molecule has 21 heavy (non-hydrogen) atoms. The first kappa shape index (κ1) is 13.5. The highest BCUT2D eigenvalue weighted by Gasteiger charge is 2.41. The molecule has 0 spiro atoms. The molecule has 0 atom stereocenters. The Morgan fingerprint density at radius 2 is 1.76 bits per heavy atom. The lowest BCUT2D eigenvalue weighted by Crippen LogP contribution is -2.50. The molecule has 0 aromatic heterocycles. The molecule has 0 unspecified atom stereocenters. The van der Waals surface area contributed by atoms with Gasteiger partial charge in [0.1, 0.15) is 5.75 Å². The number of hydrogen-bond donors (Lipinski definition) is 0. The highest BCUT2D eigenvalue weighted by atomic mass is 19.2. The second-order valence-corrected chi connectivity index (χ2v) is 5.32. The number of ether oxygens (including phenoxy) is 1. The van der Waals surface area contributed by atoms with Crippen molar-refractivity contribution in [2.75, 3.05) is 4.90 Å². The topological polar surface area (TPSA) is 29.5 Å². The third-order valence-electron chi connectivity index (χ3n) is 3.35. The highest BCUT2D eigenvalue weighted by Crippen LogP contribution is 2.41. The minimum atomic E-state index is -1.08. The lowest BCUT2D eigenvalue weighted by molar-refractivity contribution is -0.131. The number of amides is 1. The second-order valence-electron chi connectivity index (χ2n) is 5.32. The molecular formula is C16H13F2NO2. The van der Waals surface area contributed by atoms with Gasteiger partial charge in [0.15, 0.2) is 17.2 Å². The molecule has 1 aliphatic rings. The number of benzene rings is 2. The maximum atomic E-state index is 13.5. The van der Waals surface area contributed by atoms with Gasteiger partial charge in [0.05, 0.1) is 11.4 Å². The number of para-hydroxylation sites is 2. The van der Waals surface area contributed by atoms with Crippen LogP contribution >= 0.6 is 0 Å². The fourth-order valence-corrected chi connectivity index (χ4v) is 2.31. The summed E-state index contributed by atoms with van der Waals surface area (Å²) in [5.74, 6) is -1.77. The van der Waals surface area contributed by atoms with Crippen LogP contribution in [0.25, 0.3) is 0 Å². The van der Waals surface area contributed by atoms with E-state index in [1.54, 1.807) is 38.1 Å². The Morgan fingerprint density at radius 3 is 2.48 bits per heavy atom. The van der Waals surface area contributed by atoms with Crippen LogP contribution < -0.4 is 9.64 Å². The van der Waals surface area contributed by atoms with E-state index >= 15 is 0 Å². The van der Waals surface area contributed by atoms with Crippen LogP contribution in [-0.4, -0.2) is 11.5 Å². The molecule has 0 fully saturated rings. The smallest absolute Gasteiger partial charge is 0.275 e. The highest BCUT2D eigenvalue weighted by molar-refractivity contribution is 6.07. The van der Waals surface area contributed by atoms with E-state index in [1.165, 1.54) is 11.0 Å². The average molecular weight is 289 g/mol. The van der Waals surface area contributed by atoms with E-state index in [1.807, 2.05) is 0 Å². The molecule has 2 aromatic carbocycles. The van der Waals surface area contributed by atoms with Crippen LogP contribution in [0.4, 0.5) is 20.2 Å². The number of nitrogens with zero attached hydrogens (tertiary/aromatic N) is 1. The zero-order chi connectivity index (χ0) is 15.2. The van der Waals surface area contributed by atoms with Crippen molar-refractivity contribution < 1.29 is 18.3 Å². The molecule has 0 saturated heterocycles. The van der Waals surface area contributed by atoms with Gasteiger partial charge in [0.2, 0.25) is 0 Å². The van der Waals surface area contributed by atoms with Crippen LogP contribution in [0.15, 0.2) is 42.5 Å². The van der Waals surface area contributed by atoms with Gasteiger partial charge in [0, 0.05) is 6.07 Å². The lowest BCUT2D eigenvalue weighted by atomic mass is 10.0. The molecule has 5 heteroatoms. The fraction of sp³-hybridized carbons (Fsp3) is 0.188. The molecular weight excluding hydrogens is 276 g/mol. The quantitative estimate of drug-likeness (QED) is 0.799. The summed E-state index contributed by atoms with van der Waals surface area (Å²) < 4.78 is 32.3. The van der Waals surface area contributed by atoms with E-state index in [9.17, 15) is 13.6 Å². The van der Waals surface area contributed by atoms with Gasteiger partial charge >= 0.3 is 0 Å². The number of anilines is 2. The van der Waals surface area contributed by atoms with Crippen LogP contribution in [0.3, 0.4) is 0 Å². The first-order valence-corrected chi connectivity index (χ1v) is 6.48. The van der Waals surface area contributed by atoms with Crippen molar-refractivity contribution >= 4 is 17.3 Å². The zero-order valence-electron chi connectivity index (χ0n) is 11.6. The summed E-state index contributed by atoms with van der Waals surface area (Å²) in [6.45, 7) is 3.27. The van der Waals surface area contributed by atoms with Crippen LogP contribution in [-0.2, 0) is 4.79 Å². The van der Waals surface area contributed by atoms with Crippen molar-refractivity contribution in [1.29, 1.82) is 0 Å². The number of carbonyl (C=O) groups excluding carboxylic acids is 1. The van der Waals surface area contributed by atoms with Crippen molar-refractivity contribution in [3.63, 3.8) is 0 Å². The van der Waals surface area contributed by atoms with Gasteiger partial charge in [-0.1, -0.05) is 12.1 Å². The van der Waals surface area contributed by atoms with Crippen molar-refractivity contribution in [3.05, 3.63) is 54.1 Å². The third kappa shape index (κ3) is 2.14. The maximum Gasteiger partial charge on any atom is 0.275 e. The number of halogens is 2. The van der Waals surface area contributed by atoms with E-state index in [4.69, 9.17) is 4.74 Å². The Bertz CT molecular complexity index is 728. The van der Waals surface area contributed by atoms with Crippen molar-refractivity contribution in [3.8, 4) is 5.75 Å². The number of rotatable bonds is 1. The Labute approximate surface area is 120 Å². The van der Waals surface area contributed by atoms with Crippen LogP contribution in [0.1, 0.15) is 13.8 Å². The molecule has 108 valence electrons. The Kier molecular flexibility index (Phi) is 2.93. The summed E-state index contributed by atoms with van der Waals surface area (Å²) in [6.07, 6.45) is 0. The van der Waals surface area contributed by atoms with E-state index in [0.717, 1.165) is 12.1 Å². The standard InChI is InChI=1S/C16H13F2NO2/c1-16(2)15(20)19(10-7-8-11(17)12(18)9-10)13-5-3-4-6-14(13)21-16/h3-9H,1-2H3. The van der Waals surface area contributed by atoms with Gasteiger partial charge in [0.25, 0.3) is 5.91 Å². The first-order valence-electron chi connectivity index (χ1n) is 6.48. The van der Waals surface area contributed by atoms with Gasteiger partial charge in [-0.05, 0) is 38.1 Å². The Morgan fingerprint density at radius 1 is 1.05 bits per heavy atom. The van der Waals surface area contributed by atoms with E-state index in [0.29, 0.717) is 11.4 Å². The maximum absolute atomic E-state index is 13.5. The monoisotopic (exact) mass is 289 g/mol. The molecule has 3 rings (SSSR count). The minimum absolute atomic E-state index is 0.266. The van der Waals surface area contributed by atoms with Gasteiger partial charge in [-0.15, -0.1) is 0 Å². The summed E-state index contributed by atoms with van der Waals surface area (Å²) in [5.41, 5.74) is -0.310. The van der Waals surface area contributed by atoms with E-state index < -0.39 is 17.2 Å². The molecule has 0 N–H and O–H groups in total. The number of fused-ring (bicyclic) bond motifs is 1. The van der Waals surface area contributed by atoms with E-state index in [2.05, 4.69) is 0 Å². The molecule has 3 nitrogen and oxygen atoms in total. The lowest BCUT2D eigenvalue weighted by Gasteiger charge is -2.38. The zero-order valence-corrected chi connectivity index (χ0v) is 11.6. The predicted molar refractivity (Wildman–Crippen MR) is 74.7 cm³/mol. The van der Waals surface area contributed by atoms with Gasteiger partial charge in [-0.25, -0.2) is 8.78 Å². The van der Waals surface area contributed by atoms with Gasteiger partial charge in [-0.3, -0.25) is 9.69 Å². The summed E-state index contributed by atoms with van der Waals surface area (Å²) >= 11 is 0. The van der Waals surface area contributed by atoms with Gasteiger partial charge < -0.3 is 4.74 Å². The summed E-state index contributed by atoms with van der Waals surface area (Å²) in [6, 6.07) is 10.3. The average Bonchev–Trinajstić information content (AvgIpc) is 2.43. The predicted octanol–water partition coefficient (Wildman–Crippen LogP) is 3.80. The molecule has 1 heterocycles. The Hall–Kier alpha value is -2.43. The third-order valence-corrected chi connectivity index (χ3v) is 3.35. The molecule has 0 aliphatic carbocycles. The molecule has 0 saturated carbocycles. The SMILES string of the molecule is CC1(C)Oc2ccccc2N(c2ccc(F)c(F)c2)C1=O. The molecule has 0 bridgehead atoms. The van der Waals surface area contributed by atoms with E-state index in [-0.39, 0.29) is 11.6 Å². The van der Waals surface area contributed by atoms with Crippen molar-refractivity contribution in [2.45, 2.75) is 19.4 Å². The van der Waals surface area contributed by atoms with Gasteiger partial charge in [-0.2, -0.15) is 0 Å². The molecule has 2 aromatic rings. The molecule has 0 radical (unpaired) electrons. The Balaban J connectivity index is 2.19. The fourth-order valence-electron chi connectivity index (χ4n) is 2.31. The summed E-state index contributed by atoms with van der Waals surface area (Å²) in [5, 5.41) is 0. The van der Waals surface area contributed by atoms with Crippen LogP contribution in [0.2, 0.25) is 0 Å². The second kappa shape index (κ2) is 4.55. The van der Waals surface area contributed by atoms with Crippen LogP contribution in [0.5, 0.6) is 5.75 Å². The summed E-state index contributed by atoms with van der Waals surface area (Å²) in [4.78, 5) is 13.9. The van der Waals surface area contributed by atoms with Crippen molar-refractivity contribution in [2.24, 2.45) is 0 Å². The molecule has 1 amide bonds. The first-order chi connectivity index (χ1) is 9.90.